The van der Waals surface area contributed by atoms with Gasteiger partial charge in [0.15, 0.2) is 0 Å². The van der Waals surface area contributed by atoms with Crippen molar-refractivity contribution in [2.75, 3.05) is 4.90 Å². The lowest BCUT2D eigenvalue weighted by molar-refractivity contribution is 1.30. The minimum absolute atomic E-state index is 1.13. The van der Waals surface area contributed by atoms with Crippen molar-refractivity contribution in [1.82, 2.24) is 0 Å². The Bertz CT molecular complexity index is 2840. The Hall–Kier alpha value is -6.22. The van der Waals surface area contributed by atoms with Crippen LogP contribution in [0, 0.1) is 0 Å². The number of benzene rings is 9. The van der Waals surface area contributed by atoms with E-state index in [-0.39, 0.29) is 0 Å². The average Bonchev–Trinajstić information content (AvgIpc) is 3.58. The van der Waals surface area contributed by atoms with Crippen LogP contribution >= 0.6 is 11.3 Å². The maximum Gasteiger partial charge on any atom is 0.0554 e. The first-order chi connectivity index (χ1) is 24.8. The van der Waals surface area contributed by atoms with Crippen molar-refractivity contribution in [2.45, 2.75) is 0 Å². The van der Waals surface area contributed by atoms with E-state index in [2.05, 4.69) is 193 Å². The molecular formula is C48H31NS. The number of anilines is 3. The minimum atomic E-state index is 1.13. The molecule has 9 aromatic carbocycles. The van der Waals surface area contributed by atoms with Gasteiger partial charge < -0.3 is 4.90 Å². The second-order valence-corrected chi connectivity index (χ2v) is 14.0. The summed E-state index contributed by atoms with van der Waals surface area (Å²) in [5.74, 6) is 0. The van der Waals surface area contributed by atoms with E-state index in [0.717, 1.165) is 11.4 Å². The largest absolute Gasteiger partial charge is 0.310 e. The lowest BCUT2D eigenvalue weighted by Gasteiger charge is -2.27. The Morgan fingerprint density at radius 1 is 0.320 bits per heavy atom. The van der Waals surface area contributed by atoms with E-state index in [9.17, 15) is 0 Å². The van der Waals surface area contributed by atoms with Gasteiger partial charge in [0.25, 0.3) is 0 Å². The third-order valence-electron chi connectivity index (χ3n) is 10.0. The van der Waals surface area contributed by atoms with Crippen molar-refractivity contribution in [1.29, 1.82) is 0 Å². The van der Waals surface area contributed by atoms with E-state index in [4.69, 9.17) is 0 Å². The fourth-order valence-corrected chi connectivity index (χ4v) is 8.74. The van der Waals surface area contributed by atoms with Crippen LogP contribution in [-0.4, -0.2) is 0 Å². The van der Waals surface area contributed by atoms with E-state index >= 15 is 0 Å². The standard InChI is InChI=1S/C48H31NS/c1-2-9-32(10-3-1)33-23-27-39(28-24-33)49(44-14-8-16-46-48(44)42-13-6-7-15-45(42)50-46)40-29-25-34(26-30-40)38-22-19-36-18-21-37-20-17-35-11-4-5-12-41(35)47(37)43(36)31-38/h1-31H. The summed E-state index contributed by atoms with van der Waals surface area (Å²) in [7, 11) is 0. The number of fused-ring (bicyclic) bond motifs is 8. The highest BCUT2D eigenvalue weighted by Gasteiger charge is 2.19. The van der Waals surface area contributed by atoms with Crippen molar-refractivity contribution >= 4 is 80.9 Å². The average molecular weight is 654 g/mol. The number of hydrogen-bond acceptors (Lipinski definition) is 2. The van der Waals surface area contributed by atoms with Crippen LogP contribution in [0.4, 0.5) is 17.1 Å². The maximum atomic E-state index is 2.42. The van der Waals surface area contributed by atoms with E-state index in [1.54, 1.807) is 0 Å². The van der Waals surface area contributed by atoms with Gasteiger partial charge in [-0.3, -0.25) is 0 Å². The summed E-state index contributed by atoms with van der Waals surface area (Å²) in [6.07, 6.45) is 0. The summed E-state index contributed by atoms with van der Waals surface area (Å²) in [5.41, 5.74) is 8.29. The van der Waals surface area contributed by atoms with Gasteiger partial charge in [-0.1, -0.05) is 140 Å². The molecule has 2 heteroatoms. The first-order valence-electron chi connectivity index (χ1n) is 17.1. The van der Waals surface area contributed by atoms with Gasteiger partial charge >= 0.3 is 0 Å². The van der Waals surface area contributed by atoms with Crippen molar-refractivity contribution in [2.24, 2.45) is 0 Å². The summed E-state index contributed by atoms with van der Waals surface area (Å²) in [5, 5.41) is 10.3. The second-order valence-electron chi connectivity index (χ2n) is 12.9. The molecule has 1 aromatic heterocycles. The van der Waals surface area contributed by atoms with Crippen molar-refractivity contribution < 1.29 is 0 Å². The molecule has 0 bridgehead atoms. The number of nitrogens with zero attached hydrogens (tertiary/aromatic N) is 1. The molecule has 10 aromatic rings. The molecule has 10 rings (SSSR count). The van der Waals surface area contributed by atoms with Gasteiger partial charge in [0.2, 0.25) is 0 Å². The van der Waals surface area contributed by atoms with Gasteiger partial charge in [0, 0.05) is 31.5 Å². The quantitative estimate of drug-likeness (QED) is 0.167. The third kappa shape index (κ3) is 4.76. The molecule has 1 heterocycles. The van der Waals surface area contributed by atoms with Crippen LogP contribution < -0.4 is 4.90 Å². The zero-order valence-corrected chi connectivity index (χ0v) is 28.1. The molecule has 0 atom stereocenters. The van der Waals surface area contributed by atoms with Gasteiger partial charge in [-0.25, -0.2) is 0 Å². The number of thiophene rings is 1. The third-order valence-corrected chi connectivity index (χ3v) is 11.2. The summed E-state index contributed by atoms with van der Waals surface area (Å²) >= 11 is 1.86. The van der Waals surface area contributed by atoms with E-state index < -0.39 is 0 Å². The molecule has 0 fully saturated rings. The molecule has 0 aliphatic heterocycles. The van der Waals surface area contributed by atoms with Gasteiger partial charge in [-0.2, -0.15) is 0 Å². The van der Waals surface area contributed by atoms with Crippen LogP contribution in [0.15, 0.2) is 188 Å². The number of rotatable bonds is 5. The Morgan fingerprint density at radius 2 is 0.860 bits per heavy atom. The fourth-order valence-electron chi connectivity index (χ4n) is 7.61. The lowest BCUT2D eigenvalue weighted by atomic mass is 9.94. The molecule has 50 heavy (non-hydrogen) atoms. The monoisotopic (exact) mass is 653 g/mol. The molecule has 0 radical (unpaired) electrons. The van der Waals surface area contributed by atoms with Crippen LogP contribution in [0.25, 0.3) is 74.7 Å². The topological polar surface area (TPSA) is 3.24 Å². The highest BCUT2D eigenvalue weighted by atomic mass is 32.1. The lowest BCUT2D eigenvalue weighted by Crippen LogP contribution is -2.10. The van der Waals surface area contributed by atoms with E-state index in [1.807, 2.05) is 11.3 Å². The van der Waals surface area contributed by atoms with Crippen LogP contribution in [-0.2, 0) is 0 Å². The van der Waals surface area contributed by atoms with Gasteiger partial charge in [-0.15, -0.1) is 11.3 Å². The zero-order chi connectivity index (χ0) is 33.0. The van der Waals surface area contributed by atoms with Crippen LogP contribution in [0.2, 0.25) is 0 Å². The molecule has 0 aliphatic rings. The SMILES string of the molecule is c1ccc(-c2ccc(N(c3ccc(-c4ccc5ccc6ccc7ccccc7c6c5c4)cc3)c3cccc4sc5ccccc5c34)cc2)cc1. The van der Waals surface area contributed by atoms with Gasteiger partial charge in [-0.05, 0) is 103 Å². The molecule has 1 nitrogen and oxygen atoms in total. The van der Waals surface area contributed by atoms with Crippen LogP contribution in [0.1, 0.15) is 0 Å². The first kappa shape index (κ1) is 28.8. The van der Waals surface area contributed by atoms with Crippen molar-refractivity contribution in [3.8, 4) is 22.3 Å². The van der Waals surface area contributed by atoms with Crippen molar-refractivity contribution in [3.05, 3.63) is 188 Å². The smallest absolute Gasteiger partial charge is 0.0554 e. The van der Waals surface area contributed by atoms with Crippen LogP contribution in [0.3, 0.4) is 0 Å². The second kappa shape index (κ2) is 11.7. The summed E-state index contributed by atoms with van der Waals surface area (Å²) in [6, 6.07) is 68.7. The van der Waals surface area contributed by atoms with Crippen molar-refractivity contribution in [3.63, 3.8) is 0 Å². The highest BCUT2D eigenvalue weighted by Crippen LogP contribution is 2.45. The Labute approximate surface area is 294 Å². The van der Waals surface area contributed by atoms with Crippen LogP contribution in [0.5, 0.6) is 0 Å². The normalized spacial score (nSPS) is 11.6. The molecule has 0 amide bonds. The predicted octanol–water partition coefficient (Wildman–Crippen LogP) is 14.3. The zero-order valence-electron chi connectivity index (χ0n) is 27.3. The Morgan fingerprint density at radius 3 is 1.62 bits per heavy atom. The van der Waals surface area contributed by atoms with E-state index in [0.29, 0.717) is 0 Å². The predicted molar refractivity (Wildman–Crippen MR) is 217 cm³/mol. The fraction of sp³-hybridized carbons (Fsp3) is 0. The summed E-state index contributed by atoms with van der Waals surface area (Å²) in [4.78, 5) is 2.42. The molecular weight excluding hydrogens is 623 g/mol. The number of hydrogen-bond donors (Lipinski definition) is 0. The molecule has 0 aliphatic carbocycles. The van der Waals surface area contributed by atoms with Gasteiger partial charge in [0.1, 0.15) is 0 Å². The molecule has 0 N–H and O–H groups in total. The molecule has 234 valence electrons. The van der Waals surface area contributed by atoms with Gasteiger partial charge in [0.05, 0.1) is 5.69 Å². The minimum Gasteiger partial charge on any atom is -0.310 e. The molecule has 0 saturated heterocycles. The maximum absolute atomic E-state index is 2.42. The summed E-state index contributed by atoms with van der Waals surface area (Å²) < 4.78 is 2.60. The molecule has 0 saturated carbocycles. The molecule has 0 spiro atoms. The Kier molecular flexibility index (Phi) is 6.75. The van der Waals surface area contributed by atoms with E-state index in [1.165, 1.54) is 80.4 Å². The highest BCUT2D eigenvalue weighted by molar-refractivity contribution is 7.26. The Balaban J connectivity index is 1.12. The first-order valence-corrected chi connectivity index (χ1v) is 17.9. The summed E-state index contributed by atoms with van der Waals surface area (Å²) in [6.45, 7) is 0. The molecule has 0 unspecified atom stereocenters.